The second kappa shape index (κ2) is 9.40. The van der Waals surface area contributed by atoms with E-state index in [1.54, 1.807) is 47.1 Å². The van der Waals surface area contributed by atoms with Crippen LogP contribution in [0.5, 0.6) is 0 Å². The van der Waals surface area contributed by atoms with E-state index in [-0.39, 0.29) is 35.6 Å². The Hall–Kier alpha value is -4.11. The highest BCUT2D eigenvalue weighted by molar-refractivity contribution is 6.30. The van der Waals surface area contributed by atoms with Gasteiger partial charge >= 0.3 is 0 Å². The van der Waals surface area contributed by atoms with Gasteiger partial charge in [0.1, 0.15) is 22.8 Å². The summed E-state index contributed by atoms with van der Waals surface area (Å²) in [4.78, 5) is 24.5. The zero-order valence-corrected chi connectivity index (χ0v) is 19.3. The van der Waals surface area contributed by atoms with Crippen molar-refractivity contribution in [2.45, 2.75) is 26.3 Å². The molecule has 174 valence electrons. The van der Waals surface area contributed by atoms with Gasteiger partial charge in [0, 0.05) is 28.3 Å². The van der Waals surface area contributed by atoms with Gasteiger partial charge in [0.2, 0.25) is 11.8 Å². The number of rotatable bonds is 7. The van der Waals surface area contributed by atoms with Crippen LogP contribution in [0.25, 0.3) is 22.5 Å². The van der Waals surface area contributed by atoms with Crippen LogP contribution in [0.3, 0.4) is 0 Å². The van der Waals surface area contributed by atoms with Crippen LogP contribution in [0.4, 0.5) is 11.7 Å². The van der Waals surface area contributed by atoms with Gasteiger partial charge in [0.15, 0.2) is 0 Å². The van der Waals surface area contributed by atoms with E-state index in [1.807, 2.05) is 26.0 Å². The van der Waals surface area contributed by atoms with E-state index in [2.05, 4.69) is 15.6 Å². The van der Waals surface area contributed by atoms with Crippen LogP contribution in [0.1, 0.15) is 35.8 Å². The molecule has 0 aliphatic rings. The van der Waals surface area contributed by atoms with Crippen molar-refractivity contribution >= 4 is 35.1 Å². The Balaban J connectivity index is 1.46. The highest BCUT2D eigenvalue weighted by Crippen LogP contribution is 2.29. The van der Waals surface area contributed by atoms with Crippen molar-refractivity contribution in [2.24, 2.45) is 5.73 Å². The number of hydrogen-bond acceptors (Lipinski definition) is 6. The van der Waals surface area contributed by atoms with E-state index in [0.29, 0.717) is 22.0 Å². The third-order valence-corrected chi connectivity index (χ3v) is 5.40. The number of primary amides is 1. The number of nitrogens with zero attached hydrogens (tertiary/aromatic N) is 3. The Labute approximate surface area is 200 Å². The molecule has 2 aromatic carbocycles. The summed E-state index contributed by atoms with van der Waals surface area (Å²) in [5, 5.41) is 11.7. The second-order valence-electron chi connectivity index (χ2n) is 8.02. The molecule has 34 heavy (non-hydrogen) atoms. The van der Waals surface area contributed by atoms with E-state index >= 15 is 0 Å². The highest BCUT2D eigenvalue weighted by atomic mass is 35.5. The third-order valence-electron chi connectivity index (χ3n) is 5.17. The molecule has 9 nitrogen and oxygen atoms in total. The van der Waals surface area contributed by atoms with Crippen molar-refractivity contribution in [1.29, 1.82) is 0 Å². The van der Waals surface area contributed by atoms with E-state index in [9.17, 15) is 9.59 Å². The van der Waals surface area contributed by atoms with Gasteiger partial charge in [-0.3, -0.25) is 14.9 Å². The van der Waals surface area contributed by atoms with Crippen LogP contribution in [-0.2, 0) is 11.2 Å². The SMILES string of the molecule is CC(C)n1nc(-c2ccc(CC(=O)Nc3cc(-c4cccc(Cl)c4)no3)cc2)c(C(N)=O)c1N. The maximum Gasteiger partial charge on any atom is 0.254 e. The van der Waals surface area contributed by atoms with Crippen molar-refractivity contribution in [3.05, 3.63) is 70.7 Å². The molecular weight excluding hydrogens is 456 g/mol. The minimum Gasteiger partial charge on any atom is -0.383 e. The number of benzene rings is 2. The van der Waals surface area contributed by atoms with Crippen molar-refractivity contribution < 1.29 is 14.1 Å². The lowest BCUT2D eigenvalue weighted by Gasteiger charge is -2.07. The van der Waals surface area contributed by atoms with E-state index < -0.39 is 5.91 Å². The number of anilines is 2. The van der Waals surface area contributed by atoms with E-state index in [4.69, 9.17) is 27.6 Å². The molecule has 2 aromatic heterocycles. The monoisotopic (exact) mass is 478 g/mol. The quantitative estimate of drug-likeness (QED) is 0.361. The standard InChI is InChI=1S/C24H23ClN6O3/c1-13(2)31-23(26)21(24(27)33)22(29-31)15-8-6-14(7-9-15)10-19(32)28-20-12-18(30-34-20)16-4-3-5-17(25)11-16/h3-9,11-13H,10,26H2,1-2H3,(H2,27,33)(H,28,32). The molecular formula is C24H23ClN6O3. The first-order chi connectivity index (χ1) is 16.2. The van der Waals surface area contributed by atoms with Crippen LogP contribution < -0.4 is 16.8 Å². The Bertz CT molecular complexity index is 1360. The van der Waals surface area contributed by atoms with Gasteiger partial charge in [-0.1, -0.05) is 53.2 Å². The number of hydrogen-bond donors (Lipinski definition) is 3. The first-order valence-electron chi connectivity index (χ1n) is 10.5. The summed E-state index contributed by atoms with van der Waals surface area (Å²) in [7, 11) is 0. The Morgan fingerprint density at radius 2 is 1.85 bits per heavy atom. The molecule has 0 fully saturated rings. The predicted molar refractivity (Wildman–Crippen MR) is 130 cm³/mol. The van der Waals surface area contributed by atoms with Gasteiger partial charge in [0.05, 0.1) is 6.42 Å². The lowest BCUT2D eigenvalue weighted by molar-refractivity contribution is -0.115. The summed E-state index contributed by atoms with van der Waals surface area (Å²) in [6, 6.07) is 15.9. The van der Waals surface area contributed by atoms with Crippen LogP contribution in [0.2, 0.25) is 5.02 Å². The molecule has 4 aromatic rings. The fraction of sp³-hybridized carbons (Fsp3) is 0.167. The first-order valence-corrected chi connectivity index (χ1v) is 10.9. The lowest BCUT2D eigenvalue weighted by Crippen LogP contribution is -2.15. The number of carbonyl (C=O) groups excluding carboxylic acids is 2. The molecule has 2 amide bonds. The molecule has 0 bridgehead atoms. The van der Waals surface area contributed by atoms with Crippen LogP contribution in [0.15, 0.2) is 59.1 Å². The minimum absolute atomic E-state index is 0.0368. The fourth-order valence-corrected chi connectivity index (χ4v) is 3.74. The summed E-state index contributed by atoms with van der Waals surface area (Å²) in [6.45, 7) is 3.82. The Morgan fingerprint density at radius 3 is 2.50 bits per heavy atom. The number of aromatic nitrogens is 3. The second-order valence-corrected chi connectivity index (χ2v) is 8.46. The molecule has 0 unspecified atom stereocenters. The summed E-state index contributed by atoms with van der Waals surface area (Å²) in [6.07, 6.45) is 0.110. The summed E-state index contributed by atoms with van der Waals surface area (Å²) >= 11 is 6.01. The molecule has 0 saturated heterocycles. The number of amides is 2. The number of halogens is 1. The number of nitrogen functional groups attached to an aromatic ring is 1. The minimum atomic E-state index is -0.646. The molecule has 0 aliphatic carbocycles. The van der Waals surface area contributed by atoms with Gasteiger partial charge in [0.25, 0.3) is 5.91 Å². The molecule has 0 spiro atoms. The summed E-state index contributed by atoms with van der Waals surface area (Å²) in [5.74, 6) is -0.456. The fourth-order valence-electron chi connectivity index (χ4n) is 3.55. The van der Waals surface area contributed by atoms with Crippen LogP contribution in [0, 0.1) is 0 Å². The maximum atomic E-state index is 12.5. The largest absolute Gasteiger partial charge is 0.383 e. The van der Waals surface area contributed by atoms with Crippen molar-refractivity contribution in [2.75, 3.05) is 11.1 Å². The van der Waals surface area contributed by atoms with Gasteiger partial charge < -0.3 is 16.0 Å². The molecule has 2 heterocycles. The molecule has 0 atom stereocenters. The number of nitrogens with two attached hydrogens (primary N) is 2. The van der Waals surface area contributed by atoms with Gasteiger partial charge in [-0.05, 0) is 31.5 Å². The van der Waals surface area contributed by atoms with E-state index in [1.165, 1.54) is 0 Å². The topological polar surface area (TPSA) is 142 Å². The van der Waals surface area contributed by atoms with Gasteiger partial charge in [-0.2, -0.15) is 5.10 Å². The normalized spacial score (nSPS) is 11.1. The van der Waals surface area contributed by atoms with Crippen LogP contribution in [-0.4, -0.2) is 26.8 Å². The van der Waals surface area contributed by atoms with E-state index in [0.717, 1.165) is 11.1 Å². The molecule has 0 saturated carbocycles. The van der Waals surface area contributed by atoms with Crippen molar-refractivity contribution in [1.82, 2.24) is 14.9 Å². The number of carbonyl (C=O) groups is 2. The Morgan fingerprint density at radius 1 is 1.12 bits per heavy atom. The van der Waals surface area contributed by atoms with Crippen molar-refractivity contribution in [3.8, 4) is 22.5 Å². The van der Waals surface area contributed by atoms with Gasteiger partial charge in [-0.25, -0.2) is 4.68 Å². The average molecular weight is 479 g/mol. The molecule has 5 N–H and O–H groups in total. The zero-order valence-electron chi connectivity index (χ0n) is 18.6. The summed E-state index contributed by atoms with van der Waals surface area (Å²) in [5.41, 5.74) is 15.0. The molecule has 4 rings (SSSR count). The first kappa shape index (κ1) is 23.1. The summed E-state index contributed by atoms with van der Waals surface area (Å²) < 4.78 is 6.78. The molecule has 0 aliphatic heterocycles. The van der Waals surface area contributed by atoms with Crippen molar-refractivity contribution in [3.63, 3.8) is 0 Å². The zero-order chi connectivity index (χ0) is 24.4. The Kier molecular flexibility index (Phi) is 6.38. The molecule has 0 radical (unpaired) electrons. The number of nitrogens with one attached hydrogen (secondary N) is 1. The lowest BCUT2D eigenvalue weighted by atomic mass is 10.0. The predicted octanol–water partition coefficient (Wildman–Crippen LogP) is 4.30. The molecule has 10 heteroatoms. The average Bonchev–Trinajstić information content (AvgIpc) is 3.38. The van der Waals surface area contributed by atoms with Crippen LogP contribution >= 0.6 is 11.6 Å². The maximum absolute atomic E-state index is 12.5. The third kappa shape index (κ3) is 4.79. The van der Waals surface area contributed by atoms with Gasteiger partial charge in [-0.15, -0.1) is 0 Å². The smallest absolute Gasteiger partial charge is 0.254 e. The highest BCUT2D eigenvalue weighted by Gasteiger charge is 2.22.